The van der Waals surface area contributed by atoms with E-state index in [4.69, 9.17) is 0 Å². The number of hydrogen-bond donors (Lipinski definition) is 2. The third-order valence-electron chi connectivity index (χ3n) is 4.58. The molecule has 156 valence electrons. The first-order chi connectivity index (χ1) is 14.3. The highest BCUT2D eigenvalue weighted by molar-refractivity contribution is 8.01. The number of carbonyl (C=O) groups is 1. The summed E-state index contributed by atoms with van der Waals surface area (Å²) in [6.45, 7) is 3.75. The molecule has 9 heteroatoms. The number of hydrogen-bond acceptors (Lipinski definition) is 6. The smallest absolute Gasteiger partial charge is 0.255 e. The maximum absolute atomic E-state index is 12.8. The summed E-state index contributed by atoms with van der Waals surface area (Å²) in [5.41, 5.74) is 2.69. The fourth-order valence-corrected chi connectivity index (χ4v) is 5.93. The van der Waals surface area contributed by atoms with Crippen LogP contribution in [0, 0.1) is 13.8 Å². The molecule has 2 aromatic carbocycles. The van der Waals surface area contributed by atoms with Crippen molar-refractivity contribution in [3.05, 3.63) is 64.7 Å². The Hall–Kier alpha value is -2.20. The van der Waals surface area contributed by atoms with Crippen molar-refractivity contribution >= 4 is 44.7 Å². The quantitative estimate of drug-likeness (QED) is 0.539. The third kappa shape index (κ3) is 5.10. The summed E-state index contributed by atoms with van der Waals surface area (Å²) < 4.78 is 28.5. The van der Waals surface area contributed by atoms with Crippen LogP contribution in [0.15, 0.2) is 62.0 Å². The summed E-state index contributed by atoms with van der Waals surface area (Å²) >= 11 is 3.17. The number of carbonyl (C=O) groups excluding carboxylic acids is 1. The van der Waals surface area contributed by atoms with E-state index in [-0.39, 0.29) is 16.8 Å². The van der Waals surface area contributed by atoms with Gasteiger partial charge in [-0.1, -0.05) is 17.8 Å². The number of aryl methyl sites for hydroxylation is 2. The van der Waals surface area contributed by atoms with Gasteiger partial charge in [-0.05, 0) is 68.7 Å². The summed E-state index contributed by atoms with van der Waals surface area (Å²) in [5.74, 6) is -0.341. The topological polar surface area (TPSA) is 88.2 Å². The van der Waals surface area contributed by atoms with Crippen LogP contribution >= 0.6 is 23.1 Å². The Morgan fingerprint density at radius 2 is 1.87 bits per heavy atom. The van der Waals surface area contributed by atoms with Crippen LogP contribution in [0.3, 0.4) is 0 Å². The van der Waals surface area contributed by atoms with Gasteiger partial charge in [0.05, 0.1) is 4.90 Å². The average molecular weight is 460 g/mol. The number of aromatic nitrogens is 1. The molecule has 1 aliphatic rings. The van der Waals surface area contributed by atoms with Crippen molar-refractivity contribution in [2.24, 2.45) is 0 Å². The molecule has 1 fully saturated rings. The number of rotatable bonds is 7. The third-order valence-corrected chi connectivity index (χ3v) is 8.16. The summed E-state index contributed by atoms with van der Waals surface area (Å²) in [5, 5.41) is 4.86. The van der Waals surface area contributed by atoms with Gasteiger partial charge in [0.15, 0.2) is 4.34 Å². The van der Waals surface area contributed by atoms with Crippen LogP contribution in [0.2, 0.25) is 0 Å². The van der Waals surface area contributed by atoms with Crippen LogP contribution < -0.4 is 10.0 Å². The highest BCUT2D eigenvalue weighted by Crippen LogP contribution is 2.31. The monoisotopic (exact) mass is 459 g/mol. The summed E-state index contributed by atoms with van der Waals surface area (Å²) in [6.07, 6.45) is 1.71. The molecule has 0 spiro atoms. The van der Waals surface area contributed by atoms with Gasteiger partial charge in [0.2, 0.25) is 10.0 Å². The Morgan fingerprint density at radius 3 is 2.50 bits per heavy atom. The van der Waals surface area contributed by atoms with E-state index in [1.165, 1.54) is 12.1 Å². The number of nitrogens with zero attached hydrogens (tertiary/aromatic N) is 1. The maximum Gasteiger partial charge on any atom is 0.255 e. The van der Waals surface area contributed by atoms with E-state index in [0.29, 0.717) is 16.8 Å². The van der Waals surface area contributed by atoms with E-state index in [0.717, 1.165) is 27.8 Å². The summed E-state index contributed by atoms with van der Waals surface area (Å²) in [6, 6.07) is 12.1. The summed E-state index contributed by atoms with van der Waals surface area (Å²) in [7, 11) is -3.61. The molecule has 3 aromatic rings. The molecule has 6 nitrogen and oxygen atoms in total. The van der Waals surface area contributed by atoms with E-state index < -0.39 is 10.0 Å². The van der Waals surface area contributed by atoms with E-state index in [1.54, 1.807) is 36.1 Å². The van der Waals surface area contributed by atoms with E-state index >= 15 is 0 Å². The van der Waals surface area contributed by atoms with Crippen molar-refractivity contribution in [3.8, 4) is 0 Å². The Bertz CT molecular complexity index is 1180. The molecular formula is C21H21N3O3S3. The van der Waals surface area contributed by atoms with Gasteiger partial charge in [-0.15, -0.1) is 11.3 Å². The molecule has 0 saturated heterocycles. The lowest BCUT2D eigenvalue weighted by Crippen LogP contribution is -2.26. The second kappa shape index (κ2) is 8.50. The second-order valence-corrected chi connectivity index (χ2v) is 11.1. The van der Waals surface area contributed by atoms with Gasteiger partial charge in [0, 0.05) is 33.3 Å². The molecule has 1 amide bonds. The van der Waals surface area contributed by atoms with Crippen molar-refractivity contribution in [1.29, 1.82) is 0 Å². The van der Waals surface area contributed by atoms with Crippen LogP contribution in [-0.2, 0) is 10.0 Å². The molecule has 1 aliphatic carbocycles. The minimum Gasteiger partial charge on any atom is -0.322 e. The fraction of sp³-hybridized carbons (Fsp3) is 0.238. The Balaban J connectivity index is 1.47. The van der Waals surface area contributed by atoms with Gasteiger partial charge in [0.1, 0.15) is 0 Å². The second-order valence-electron chi connectivity index (χ2n) is 7.21. The molecule has 0 bridgehead atoms. The van der Waals surface area contributed by atoms with E-state index in [9.17, 15) is 13.2 Å². The van der Waals surface area contributed by atoms with Crippen LogP contribution in [0.25, 0.3) is 0 Å². The molecule has 30 heavy (non-hydrogen) atoms. The van der Waals surface area contributed by atoms with Crippen molar-refractivity contribution in [2.45, 2.75) is 46.9 Å². The fourth-order valence-electron chi connectivity index (χ4n) is 2.79. The minimum atomic E-state index is -3.61. The molecule has 0 unspecified atom stereocenters. The Labute approximate surface area is 184 Å². The lowest BCUT2D eigenvalue weighted by Gasteiger charge is -2.11. The number of amides is 1. The van der Waals surface area contributed by atoms with Crippen LogP contribution in [-0.4, -0.2) is 25.4 Å². The highest BCUT2D eigenvalue weighted by atomic mass is 32.2. The first-order valence-corrected chi connectivity index (χ1v) is 12.6. The number of anilines is 1. The predicted molar refractivity (Wildman–Crippen MR) is 120 cm³/mol. The maximum atomic E-state index is 12.8. The number of nitrogens with one attached hydrogen (secondary N) is 2. The first kappa shape index (κ1) is 21.0. The zero-order valence-corrected chi connectivity index (χ0v) is 19.0. The van der Waals surface area contributed by atoms with E-state index in [2.05, 4.69) is 15.0 Å². The molecule has 1 heterocycles. The molecule has 0 aliphatic heterocycles. The number of benzene rings is 2. The molecule has 0 radical (unpaired) electrons. The number of sulfonamides is 1. The van der Waals surface area contributed by atoms with Gasteiger partial charge in [0.25, 0.3) is 5.91 Å². The lowest BCUT2D eigenvalue weighted by molar-refractivity contribution is 0.102. The standard InChI is InChI=1S/C21H21N3O3S3/c1-13-3-10-18(30(26,27)24-16-4-5-16)11-19(13)20(25)23-15-6-8-17(9-7-15)29-21-22-14(2)12-28-21/h3,6-12,16,24H,4-5H2,1-2H3,(H,23,25). The minimum absolute atomic E-state index is 0.0123. The number of thiazole rings is 1. The van der Waals surface area contributed by atoms with Crippen LogP contribution in [0.1, 0.15) is 34.5 Å². The van der Waals surface area contributed by atoms with Gasteiger partial charge in [-0.2, -0.15) is 0 Å². The van der Waals surface area contributed by atoms with E-state index in [1.807, 2.05) is 36.6 Å². The van der Waals surface area contributed by atoms with Crippen molar-refractivity contribution in [3.63, 3.8) is 0 Å². The molecule has 0 atom stereocenters. The zero-order chi connectivity index (χ0) is 21.3. The van der Waals surface area contributed by atoms with Gasteiger partial charge in [-0.25, -0.2) is 18.1 Å². The molecule has 2 N–H and O–H groups in total. The molecular weight excluding hydrogens is 438 g/mol. The first-order valence-electron chi connectivity index (χ1n) is 9.44. The largest absolute Gasteiger partial charge is 0.322 e. The highest BCUT2D eigenvalue weighted by Gasteiger charge is 2.28. The molecule has 4 rings (SSSR count). The predicted octanol–water partition coefficient (Wildman–Crippen LogP) is 4.60. The van der Waals surface area contributed by atoms with Gasteiger partial charge < -0.3 is 5.32 Å². The van der Waals surface area contributed by atoms with Crippen molar-refractivity contribution in [1.82, 2.24) is 9.71 Å². The average Bonchev–Trinajstić information content (AvgIpc) is 3.41. The van der Waals surface area contributed by atoms with Crippen molar-refractivity contribution < 1.29 is 13.2 Å². The zero-order valence-electron chi connectivity index (χ0n) is 16.5. The van der Waals surface area contributed by atoms with Crippen LogP contribution in [0.4, 0.5) is 5.69 Å². The SMILES string of the molecule is Cc1csc(Sc2ccc(NC(=O)c3cc(S(=O)(=O)NC4CC4)ccc3C)cc2)n1. The van der Waals surface area contributed by atoms with Crippen LogP contribution in [0.5, 0.6) is 0 Å². The van der Waals surface area contributed by atoms with Gasteiger partial charge >= 0.3 is 0 Å². The Morgan fingerprint density at radius 1 is 1.13 bits per heavy atom. The molecule has 1 saturated carbocycles. The lowest BCUT2D eigenvalue weighted by atomic mass is 10.1. The summed E-state index contributed by atoms with van der Waals surface area (Å²) in [4.78, 5) is 18.4. The van der Waals surface area contributed by atoms with Gasteiger partial charge in [-0.3, -0.25) is 4.79 Å². The normalized spacial score (nSPS) is 13.9. The van der Waals surface area contributed by atoms with Crippen molar-refractivity contribution in [2.75, 3.05) is 5.32 Å². The molecule has 1 aromatic heterocycles. The Kier molecular flexibility index (Phi) is 5.97.